The van der Waals surface area contributed by atoms with Crippen molar-refractivity contribution in [2.45, 2.75) is 0 Å². The molecule has 1 aliphatic heterocycles. The Balaban J connectivity index is 1.51. The van der Waals surface area contributed by atoms with E-state index in [1.807, 2.05) is 4.90 Å². The maximum Gasteiger partial charge on any atom is 0.240 e. The van der Waals surface area contributed by atoms with E-state index in [2.05, 4.69) is 20.2 Å². The number of ether oxygens (including phenoxy) is 2. The van der Waals surface area contributed by atoms with Crippen LogP contribution in [-0.2, 0) is 4.79 Å². The van der Waals surface area contributed by atoms with E-state index < -0.39 is 0 Å². The number of aromatic nitrogens is 2. The third-order valence-electron chi connectivity index (χ3n) is 4.28. The lowest BCUT2D eigenvalue weighted by molar-refractivity contribution is -0.117. The largest absolute Gasteiger partial charge is 0.481 e. The second kappa shape index (κ2) is 8.63. The zero-order chi connectivity index (χ0) is 19.2. The molecule has 8 nitrogen and oxygen atoms in total. The minimum absolute atomic E-state index is 0.140. The molecule has 0 aliphatic carbocycles. The molecular formula is C18H22FN5O3. The van der Waals surface area contributed by atoms with Crippen molar-refractivity contribution in [2.24, 2.45) is 0 Å². The highest BCUT2D eigenvalue weighted by Crippen LogP contribution is 2.18. The van der Waals surface area contributed by atoms with Crippen LogP contribution in [0.2, 0.25) is 0 Å². The first kappa shape index (κ1) is 18.8. The summed E-state index contributed by atoms with van der Waals surface area (Å²) in [6.45, 7) is 3.23. The topological polar surface area (TPSA) is 79.8 Å². The fourth-order valence-corrected chi connectivity index (χ4v) is 2.85. The van der Waals surface area contributed by atoms with Gasteiger partial charge in [0.1, 0.15) is 5.82 Å². The van der Waals surface area contributed by atoms with Crippen molar-refractivity contribution in [2.75, 3.05) is 57.2 Å². The van der Waals surface area contributed by atoms with E-state index in [4.69, 9.17) is 9.47 Å². The van der Waals surface area contributed by atoms with E-state index in [0.29, 0.717) is 11.8 Å². The van der Waals surface area contributed by atoms with Crippen LogP contribution in [0.4, 0.5) is 16.0 Å². The molecule has 1 aromatic carbocycles. The van der Waals surface area contributed by atoms with Gasteiger partial charge in [-0.1, -0.05) is 0 Å². The highest BCUT2D eigenvalue weighted by atomic mass is 19.1. The lowest BCUT2D eigenvalue weighted by Gasteiger charge is -2.35. The summed E-state index contributed by atoms with van der Waals surface area (Å²) in [5.41, 5.74) is 0.984. The van der Waals surface area contributed by atoms with E-state index >= 15 is 0 Å². The van der Waals surface area contributed by atoms with Crippen molar-refractivity contribution in [3.8, 4) is 11.8 Å². The number of methoxy groups -OCH3 is 2. The predicted octanol–water partition coefficient (Wildman–Crippen LogP) is 1.39. The summed E-state index contributed by atoms with van der Waals surface area (Å²) < 4.78 is 23.2. The number of hydrogen-bond acceptors (Lipinski definition) is 7. The Bertz CT molecular complexity index is 757. The van der Waals surface area contributed by atoms with Crippen LogP contribution in [0.3, 0.4) is 0 Å². The third kappa shape index (κ3) is 5.04. The quantitative estimate of drug-likeness (QED) is 0.817. The minimum atomic E-state index is -0.245. The van der Waals surface area contributed by atoms with E-state index in [0.717, 1.165) is 31.9 Å². The van der Waals surface area contributed by atoms with Gasteiger partial charge in [-0.2, -0.15) is 9.97 Å². The summed E-state index contributed by atoms with van der Waals surface area (Å²) in [6, 6.07) is 7.98. The van der Waals surface area contributed by atoms with E-state index in [9.17, 15) is 9.18 Å². The standard InChI is InChI=1S/C18H22FN5O3/c1-26-16-11-17(27-2)22-18(21-16)20-15(25)12-23-7-9-24(10-8-23)14-5-3-13(19)4-6-14/h3-6,11H,7-10,12H2,1-2H3,(H,20,21,22,25). The van der Waals surface area contributed by atoms with E-state index in [1.165, 1.54) is 32.4 Å². The van der Waals surface area contributed by atoms with Crippen molar-refractivity contribution in [3.05, 3.63) is 36.1 Å². The molecule has 27 heavy (non-hydrogen) atoms. The monoisotopic (exact) mass is 375 g/mol. The Hall–Kier alpha value is -2.94. The highest BCUT2D eigenvalue weighted by molar-refractivity contribution is 5.90. The summed E-state index contributed by atoms with van der Waals surface area (Å²) in [4.78, 5) is 24.7. The molecule has 1 aromatic heterocycles. The molecule has 0 radical (unpaired) electrons. The van der Waals surface area contributed by atoms with Crippen molar-refractivity contribution in [3.63, 3.8) is 0 Å². The van der Waals surface area contributed by atoms with Gasteiger partial charge < -0.3 is 14.4 Å². The fourth-order valence-electron chi connectivity index (χ4n) is 2.85. The number of amides is 1. The first-order chi connectivity index (χ1) is 13.1. The number of rotatable bonds is 6. The number of benzene rings is 1. The molecule has 0 atom stereocenters. The normalized spacial score (nSPS) is 14.7. The molecule has 2 heterocycles. The molecule has 0 unspecified atom stereocenters. The smallest absolute Gasteiger partial charge is 0.240 e. The maximum absolute atomic E-state index is 13.0. The number of piperazine rings is 1. The van der Waals surface area contributed by atoms with Crippen molar-refractivity contribution < 1.29 is 18.7 Å². The van der Waals surface area contributed by atoms with Gasteiger partial charge in [0.2, 0.25) is 23.6 Å². The van der Waals surface area contributed by atoms with Crippen LogP contribution in [0.1, 0.15) is 0 Å². The van der Waals surface area contributed by atoms with Crippen LogP contribution in [0.25, 0.3) is 0 Å². The van der Waals surface area contributed by atoms with Gasteiger partial charge in [0.25, 0.3) is 0 Å². The van der Waals surface area contributed by atoms with Crippen molar-refractivity contribution in [1.29, 1.82) is 0 Å². The maximum atomic E-state index is 13.0. The lowest BCUT2D eigenvalue weighted by Crippen LogP contribution is -2.48. The Morgan fingerprint density at radius 2 is 1.67 bits per heavy atom. The molecule has 1 fully saturated rings. The molecule has 1 amide bonds. The van der Waals surface area contributed by atoms with Crippen LogP contribution in [0.15, 0.2) is 30.3 Å². The lowest BCUT2D eigenvalue weighted by atomic mass is 10.2. The molecule has 144 valence electrons. The summed E-state index contributed by atoms with van der Waals surface area (Å²) in [5, 5.41) is 2.67. The van der Waals surface area contributed by atoms with Crippen molar-refractivity contribution >= 4 is 17.5 Å². The predicted molar refractivity (Wildman–Crippen MR) is 98.8 cm³/mol. The van der Waals surface area contributed by atoms with Crippen LogP contribution < -0.4 is 19.7 Å². The van der Waals surface area contributed by atoms with Gasteiger partial charge in [0, 0.05) is 31.9 Å². The summed E-state index contributed by atoms with van der Waals surface area (Å²) in [6.07, 6.45) is 0. The van der Waals surface area contributed by atoms with Crippen LogP contribution >= 0.6 is 0 Å². The van der Waals surface area contributed by atoms with Gasteiger partial charge in [-0.05, 0) is 24.3 Å². The third-order valence-corrected chi connectivity index (χ3v) is 4.28. The number of carbonyl (C=O) groups excluding carboxylic acids is 1. The highest BCUT2D eigenvalue weighted by Gasteiger charge is 2.20. The molecule has 3 rings (SSSR count). The van der Waals surface area contributed by atoms with Gasteiger partial charge in [-0.25, -0.2) is 4.39 Å². The fraction of sp³-hybridized carbons (Fsp3) is 0.389. The van der Waals surface area contributed by atoms with Crippen LogP contribution in [0.5, 0.6) is 11.8 Å². The minimum Gasteiger partial charge on any atom is -0.481 e. The summed E-state index contributed by atoms with van der Waals surface area (Å²) in [5.74, 6) is 0.308. The average molecular weight is 375 g/mol. The SMILES string of the molecule is COc1cc(OC)nc(NC(=O)CN2CCN(c3ccc(F)cc3)CC2)n1. The summed E-state index contributed by atoms with van der Waals surface area (Å²) in [7, 11) is 2.96. The zero-order valence-corrected chi connectivity index (χ0v) is 15.3. The number of halogens is 1. The number of hydrogen-bond donors (Lipinski definition) is 1. The summed E-state index contributed by atoms with van der Waals surface area (Å²) >= 11 is 0. The first-order valence-corrected chi connectivity index (χ1v) is 8.57. The number of anilines is 2. The number of carbonyl (C=O) groups is 1. The van der Waals surface area contributed by atoms with Gasteiger partial charge in [0.15, 0.2) is 0 Å². The molecule has 2 aromatic rings. The molecule has 0 spiro atoms. The zero-order valence-electron chi connectivity index (χ0n) is 15.3. The van der Waals surface area contributed by atoms with E-state index in [1.54, 1.807) is 12.1 Å². The van der Waals surface area contributed by atoms with E-state index in [-0.39, 0.29) is 24.2 Å². The Morgan fingerprint density at radius 3 is 2.22 bits per heavy atom. The van der Waals surface area contributed by atoms with Crippen LogP contribution in [-0.4, -0.2) is 67.7 Å². The average Bonchev–Trinajstić information content (AvgIpc) is 2.68. The first-order valence-electron chi connectivity index (χ1n) is 8.57. The van der Waals surface area contributed by atoms with Gasteiger partial charge in [0.05, 0.1) is 26.8 Å². The Kier molecular flexibility index (Phi) is 6.02. The Labute approximate surface area is 156 Å². The second-order valence-corrected chi connectivity index (χ2v) is 6.06. The second-order valence-electron chi connectivity index (χ2n) is 6.06. The molecule has 1 N–H and O–H groups in total. The molecule has 9 heteroatoms. The Morgan fingerprint density at radius 1 is 1.07 bits per heavy atom. The van der Waals surface area contributed by atoms with Gasteiger partial charge >= 0.3 is 0 Å². The molecule has 0 bridgehead atoms. The molecular weight excluding hydrogens is 353 g/mol. The molecule has 1 aliphatic rings. The van der Waals surface area contributed by atoms with Gasteiger partial charge in [-0.3, -0.25) is 15.0 Å². The number of nitrogens with zero attached hydrogens (tertiary/aromatic N) is 4. The molecule has 1 saturated heterocycles. The van der Waals surface area contributed by atoms with Gasteiger partial charge in [-0.15, -0.1) is 0 Å². The van der Waals surface area contributed by atoms with Crippen molar-refractivity contribution in [1.82, 2.24) is 14.9 Å². The van der Waals surface area contributed by atoms with Crippen LogP contribution in [0, 0.1) is 5.82 Å². The molecule has 0 saturated carbocycles. The number of nitrogens with one attached hydrogen (secondary N) is 1.